The fraction of sp³-hybridized carbons (Fsp3) is 0.778. The van der Waals surface area contributed by atoms with E-state index in [-0.39, 0.29) is 5.91 Å². The van der Waals surface area contributed by atoms with Gasteiger partial charge in [0.1, 0.15) is 5.69 Å². The summed E-state index contributed by atoms with van der Waals surface area (Å²) in [5.41, 5.74) is 0.519. The van der Waals surface area contributed by atoms with Crippen LogP contribution in [0, 0.1) is 0 Å². The Hall–Kier alpha value is -1.40. The smallest absolute Gasteiger partial charge is 0.271 e. The van der Waals surface area contributed by atoms with Gasteiger partial charge in [0, 0.05) is 37.9 Å². The molecule has 0 aromatic carbocycles. The van der Waals surface area contributed by atoms with Gasteiger partial charge < -0.3 is 10.6 Å². The molecule has 0 spiro atoms. The zero-order valence-electron chi connectivity index (χ0n) is 15.6. The average molecular weight is 335 g/mol. The van der Waals surface area contributed by atoms with Crippen LogP contribution in [0.4, 0.5) is 0 Å². The van der Waals surface area contributed by atoms with E-state index in [9.17, 15) is 4.79 Å². The lowest BCUT2D eigenvalue weighted by atomic mass is 10.1. The highest BCUT2D eigenvalue weighted by molar-refractivity contribution is 5.92. The van der Waals surface area contributed by atoms with Crippen LogP contribution in [0.25, 0.3) is 0 Å². The van der Waals surface area contributed by atoms with Crippen molar-refractivity contribution in [3.63, 3.8) is 0 Å². The Morgan fingerprint density at radius 3 is 2.79 bits per heavy atom. The highest BCUT2D eigenvalue weighted by atomic mass is 16.1. The standard InChI is InChI=1S/C18H33N5O/c1-14(2)22(15(3)4)11-6-10-20-18(24)17-8-12-23(21-17)16-7-5-9-19-13-16/h8,12,14-16,19H,5-7,9-11,13H2,1-4H3,(H,20,24). The van der Waals surface area contributed by atoms with Crippen LogP contribution >= 0.6 is 0 Å². The Balaban J connectivity index is 1.75. The molecule has 1 aromatic rings. The maximum absolute atomic E-state index is 12.2. The van der Waals surface area contributed by atoms with Crippen LogP contribution in [-0.4, -0.2) is 58.9 Å². The minimum atomic E-state index is -0.0711. The van der Waals surface area contributed by atoms with E-state index < -0.39 is 0 Å². The number of rotatable bonds is 8. The van der Waals surface area contributed by atoms with Crippen LogP contribution in [0.15, 0.2) is 12.3 Å². The van der Waals surface area contributed by atoms with Gasteiger partial charge in [-0.15, -0.1) is 0 Å². The van der Waals surface area contributed by atoms with Crippen molar-refractivity contribution >= 4 is 5.91 Å². The second kappa shape index (κ2) is 9.18. The molecule has 1 aliphatic rings. The molecular weight excluding hydrogens is 302 g/mol. The summed E-state index contributed by atoms with van der Waals surface area (Å²) in [4.78, 5) is 14.7. The molecule has 1 fully saturated rings. The average Bonchev–Trinajstić information content (AvgIpc) is 3.04. The summed E-state index contributed by atoms with van der Waals surface area (Å²) in [6.45, 7) is 12.6. The SMILES string of the molecule is CC(C)N(CCCNC(=O)c1ccn(C2CCCNC2)n1)C(C)C. The summed E-state index contributed by atoms with van der Waals surface area (Å²) in [6.07, 6.45) is 5.16. The summed E-state index contributed by atoms with van der Waals surface area (Å²) >= 11 is 0. The first kappa shape index (κ1) is 18.9. The predicted molar refractivity (Wildman–Crippen MR) is 97.3 cm³/mol. The van der Waals surface area contributed by atoms with Crippen LogP contribution in [0.1, 0.15) is 63.5 Å². The molecular formula is C18H33N5O. The van der Waals surface area contributed by atoms with Gasteiger partial charge in [-0.3, -0.25) is 14.4 Å². The van der Waals surface area contributed by atoms with E-state index in [1.165, 1.54) is 0 Å². The van der Waals surface area contributed by atoms with Crippen LogP contribution < -0.4 is 10.6 Å². The zero-order valence-corrected chi connectivity index (χ0v) is 15.6. The van der Waals surface area contributed by atoms with Crippen molar-refractivity contribution in [1.29, 1.82) is 0 Å². The van der Waals surface area contributed by atoms with Crippen molar-refractivity contribution in [2.45, 2.75) is 65.1 Å². The first-order valence-electron chi connectivity index (χ1n) is 9.29. The number of aromatic nitrogens is 2. The molecule has 2 heterocycles. The molecule has 2 rings (SSSR count). The van der Waals surface area contributed by atoms with Gasteiger partial charge in [-0.25, -0.2) is 0 Å². The number of piperidine rings is 1. The Morgan fingerprint density at radius 2 is 2.17 bits per heavy atom. The van der Waals surface area contributed by atoms with Gasteiger partial charge >= 0.3 is 0 Å². The number of amides is 1. The molecule has 0 saturated carbocycles. The summed E-state index contributed by atoms with van der Waals surface area (Å²) in [5, 5.41) is 10.8. The molecule has 1 saturated heterocycles. The van der Waals surface area contributed by atoms with Crippen molar-refractivity contribution in [1.82, 2.24) is 25.3 Å². The summed E-state index contributed by atoms with van der Waals surface area (Å²) in [5.74, 6) is -0.0711. The molecule has 1 atom stereocenters. The van der Waals surface area contributed by atoms with Crippen LogP contribution in [0.5, 0.6) is 0 Å². The highest BCUT2D eigenvalue weighted by Gasteiger charge is 2.18. The summed E-state index contributed by atoms with van der Waals surface area (Å²) in [7, 11) is 0. The van der Waals surface area contributed by atoms with Gasteiger partial charge in [0.2, 0.25) is 0 Å². The van der Waals surface area contributed by atoms with Gasteiger partial charge in [-0.2, -0.15) is 5.10 Å². The fourth-order valence-electron chi connectivity index (χ4n) is 3.39. The number of carbonyl (C=O) groups is 1. The molecule has 6 heteroatoms. The minimum absolute atomic E-state index is 0.0711. The van der Waals surface area contributed by atoms with Gasteiger partial charge in [-0.1, -0.05) is 0 Å². The number of nitrogens with one attached hydrogen (secondary N) is 2. The van der Waals surface area contributed by atoms with Crippen LogP contribution in [0.3, 0.4) is 0 Å². The van der Waals surface area contributed by atoms with Crippen LogP contribution in [0.2, 0.25) is 0 Å². The summed E-state index contributed by atoms with van der Waals surface area (Å²) in [6, 6.07) is 3.24. The lowest BCUT2D eigenvalue weighted by Gasteiger charge is -2.30. The third-order valence-corrected chi connectivity index (χ3v) is 4.69. The molecule has 1 aromatic heterocycles. The molecule has 24 heavy (non-hydrogen) atoms. The van der Waals surface area contributed by atoms with Crippen molar-refractivity contribution in [3.05, 3.63) is 18.0 Å². The Bertz CT molecular complexity index is 497. The topological polar surface area (TPSA) is 62.2 Å². The molecule has 1 amide bonds. The molecule has 0 bridgehead atoms. The van der Waals surface area contributed by atoms with E-state index in [4.69, 9.17) is 0 Å². The largest absolute Gasteiger partial charge is 0.351 e. The number of hydrogen-bond acceptors (Lipinski definition) is 4. The number of carbonyl (C=O) groups excluding carboxylic acids is 1. The van der Waals surface area contributed by atoms with Gasteiger partial charge in [0.05, 0.1) is 6.04 Å². The molecule has 2 N–H and O–H groups in total. The van der Waals surface area contributed by atoms with E-state index in [0.29, 0.717) is 30.4 Å². The second-order valence-corrected chi connectivity index (χ2v) is 7.22. The Labute approximate surface area is 146 Å². The molecule has 0 aliphatic carbocycles. The maximum Gasteiger partial charge on any atom is 0.271 e. The van der Waals surface area contributed by atoms with E-state index >= 15 is 0 Å². The zero-order chi connectivity index (χ0) is 17.5. The molecule has 136 valence electrons. The monoisotopic (exact) mass is 335 g/mol. The lowest BCUT2D eigenvalue weighted by Crippen LogP contribution is -2.39. The normalized spacial score (nSPS) is 18.5. The third-order valence-electron chi connectivity index (χ3n) is 4.69. The van der Waals surface area contributed by atoms with E-state index in [1.807, 2.05) is 16.9 Å². The molecule has 6 nitrogen and oxygen atoms in total. The quantitative estimate of drug-likeness (QED) is 0.714. The van der Waals surface area contributed by atoms with E-state index in [2.05, 4.69) is 48.3 Å². The molecule has 1 unspecified atom stereocenters. The van der Waals surface area contributed by atoms with Gasteiger partial charge in [0.25, 0.3) is 5.91 Å². The maximum atomic E-state index is 12.2. The minimum Gasteiger partial charge on any atom is -0.351 e. The Kier molecular flexibility index (Phi) is 7.24. The number of hydrogen-bond donors (Lipinski definition) is 2. The van der Waals surface area contributed by atoms with Crippen LogP contribution in [-0.2, 0) is 0 Å². The van der Waals surface area contributed by atoms with Crippen molar-refractivity contribution in [2.24, 2.45) is 0 Å². The van der Waals surface area contributed by atoms with Crippen molar-refractivity contribution < 1.29 is 4.79 Å². The second-order valence-electron chi connectivity index (χ2n) is 7.22. The van der Waals surface area contributed by atoms with Gasteiger partial charge in [0.15, 0.2) is 0 Å². The molecule has 0 radical (unpaired) electrons. The van der Waals surface area contributed by atoms with E-state index in [1.54, 1.807) is 0 Å². The highest BCUT2D eigenvalue weighted by Crippen LogP contribution is 2.15. The van der Waals surface area contributed by atoms with Crippen molar-refractivity contribution in [3.8, 4) is 0 Å². The predicted octanol–water partition coefficient (Wildman–Crippen LogP) is 2.05. The van der Waals surface area contributed by atoms with Crippen molar-refractivity contribution in [2.75, 3.05) is 26.2 Å². The third kappa shape index (κ3) is 5.31. The fourth-order valence-corrected chi connectivity index (χ4v) is 3.39. The molecule has 1 aliphatic heterocycles. The summed E-state index contributed by atoms with van der Waals surface area (Å²) < 4.78 is 1.93. The van der Waals surface area contributed by atoms with E-state index in [0.717, 1.165) is 38.9 Å². The lowest BCUT2D eigenvalue weighted by molar-refractivity contribution is 0.0943. The first-order valence-corrected chi connectivity index (χ1v) is 9.29. The van der Waals surface area contributed by atoms with Gasteiger partial charge in [-0.05, 0) is 59.6 Å². The Morgan fingerprint density at radius 1 is 1.42 bits per heavy atom. The number of nitrogens with zero attached hydrogens (tertiary/aromatic N) is 3. The first-order chi connectivity index (χ1) is 11.5.